The van der Waals surface area contributed by atoms with Gasteiger partial charge in [-0.2, -0.15) is 0 Å². The van der Waals surface area contributed by atoms with Crippen molar-refractivity contribution in [3.63, 3.8) is 0 Å². The highest BCUT2D eigenvalue weighted by molar-refractivity contribution is 5.69. The SMILES string of the molecule is CO[C@@H]1CN(C(=O)OC2CCCC2)[C@H]1C. The summed E-state index contributed by atoms with van der Waals surface area (Å²) in [6.07, 6.45) is 4.61. The van der Waals surface area contributed by atoms with Crippen LogP contribution in [0.2, 0.25) is 0 Å². The third-order valence-corrected chi connectivity index (χ3v) is 3.51. The number of amides is 1. The van der Waals surface area contributed by atoms with Gasteiger partial charge in [-0.3, -0.25) is 0 Å². The van der Waals surface area contributed by atoms with Crippen LogP contribution in [0.1, 0.15) is 32.6 Å². The summed E-state index contributed by atoms with van der Waals surface area (Å²) in [6, 6.07) is 0.156. The zero-order chi connectivity index (χ0) is 10.8. The molecule has 1 saturated heterocycles. The molecule has 0 aromatic heterocycles. The molecule has 4 nitrogen and oxygen atoms in total. The standard InChI is InChI=1S/C11H19NO3/c1-8-10(14-2)7-12(8)11(13)15-9-5-3-4-6-9/h8-10H,3-7H2,1-2H3/t8-,10+/m0/s1. The van der Waals surface area contributed by atoms with E-state index in [4.69, 9.17) is 9.47 Å². The first kappa shape index (κ1) is 10.7. The van der Waals surface area contributed by atoms with Crippen LogP contribution in [0, 0.1) is 0 Å². The van der Waals surface area contributed by atoms with Crippen LogP contribution in [0.5, 0.6) is 0 Å². The fourth-order valence-corrected chi connectivity index (χ4v) is 2.30. The first-order valence-corrected chi connectivity index (χ1v) is 5.72. The Morgan fingerprint density at radius 2 is 2.00 bits per heavy atom. The topological polar surface area (TPSA) is 38.8 Å². The molecule has 0 aromatic carbocycles. The van der Waals surface area contributed by atoms with Gasteiger partial charge in [0.2, 0.25) is 0 Å². The summed E-state index contributed by atoms with van der Waals surface area (Å²) in [5, 5.41) is 0. The zero-order valence-electron chi connectivity index (χ0n) is 9.44. The summed E-state index contributed by atoms with van der Waals surface area (Å²) in [5.41, 5.74) is 0. The van der Waals surface area contributed by atoms with Crippen molar-refractivity contribution in [2.75, 3.05) is 13.7 Å². The molecule has 0 aromatic rings. The quantitative estimate of drug-likeness (QED) is 0.702. The van der Waals surface area contributed by atoms with E-state index in [2.05, 4.69) is 0 Å². The Labute approximate surface area is 90.5 Å². The van der Waals surface area contributed by atoms with Crippen molar-refractivity contribution in [2.45, 2.75) is 50.9 Å². The smallest absolute Gasteiger partial charge is 0.410 e. The molecule has 0 spiro atoms. The molecule has 86 valence electrons. The molecule has 2 aliphatic rings. The molecule has 1 saturated carbocycles. The molecule has 0 bridgehead atoms. The Bertz CT molecular complexity index is 238. The number of rotatable bonds is 2. The number of carbonyl (C=O) groups is 1. The molecule has 1 aliphatic heterocycles. The largest absolute Gasteiger partial charge is 0.446 e. The van der Waals surface area contributed by atoms with Crippen LogP contribution in [0.15, 0.2) is 0 Å². The molecule has 0 unspecified atom stereocenters. The van der Waals surface area contributed by atoms with Crippen molar-refractivity contribution in [3.8, 4) is 0 Å². The third kappa shape index (κ3) is 2.09. The van der Waals surface area contributed by atoms with Gasteiger partial charge >= 0.3 is 6.09 Å². The summed E-state index contributed by atoms with van der Waals surface area (Å²) in [7, 11) is 1.68. The van der Waals surface area contributed by atoms with E-state index in [0.717, 1.165) is 12.8 Å². The minimum absolute atomic E-state index is 0.156. The normalized spacial score (nSPS) is 31.5. The minimum atomic E-state index is -0.164. The molecule has 1 amide bonds. The van der Waals surface area contributed by atoms with E-state index in [9.17, 15) is 4.79 Å². The fraction of sp³-hybridized carbons (Fsp3) is 0.909. The van der Waals surface area contributed by atoms with E-state index in [-0.39, 0.29) is 24.3 Å². The van der Waals surface area contributed by atoms with Crippen molar-refractivity contribution in [1.82, 2.24) is 4.90 Å². The average Bonchev–Trinajstić information content (AvgIpc) is 2.69. The van der Waals surface area contributed by atoms with Gasteiger partial charge in [0.05, 0.1) is 18.7 Å². The maximum Gasteiger partial charge on any atom is 0.410 e. The fourth-order valence-electron chi connectivity index (χ4n) is 2.30. The molecular weight excluding hydrogens is 194 g/mol. The molecular formula is C11H19NO3. The average molecular weight is 213 g/mol. The van der Waals surface area contributed by atoms with Gasteiger partial charge in [0.15, 0.2) is 0 Å². The number of likely N-dealkylation sites (tertiary alicyclic amines) is 1. The number of ether oxygens (including phenoxy) is 2. The summed E-state index contributed by atoms with van der Waals surface area (Å²) >= 11 is 0. The van der Waals surface area contributed by atoms with Gasteiger partial charge < -0.3 is 14.4 Å². The first-order valence-electron chi connectivity index (χ1n) is 5.72. The lowest BCUT2D eigenvalue weighted by Crippen LogP contribution is -2.61. The summed E-state index contributed by atoms with van der Waals surface area (Å²) in [5.74, 6) is 0. The van der Waals surface area contributed by atoms with Crippen LogP contribution in [-0.4, -0.2) is 42.9 Å². The van der Waals surface area contributed by atoms with Crippen molar-refractivity contribution < 1.29 is 14.3 Å². The Balaban J connectivity index is 1.77. The zero-order valence-corrected chi connectivity index (χ0v) is 9.44. The lowest BCUT2D eigenvalue weighted by atomic mass is 10.0. The van der Waals surface area contributed by atoms with E-state index in [1.165, 1.54) is 12.8 Å². The van der Waals surface area contributed by atoms with Crippen molar-refractivity contribution in [3.05, 3.63) is 0 Å². The number of hydrogen-bond donors (Lipinski definition) is 0. The number of methoxy groups -OCH3 is 1. The van der Waals surface area contributed by atoms with Crippen molar-refractivity contribution >= 4 is 6.09 Å². The van der Waals surface area contributed by atoms with Crippen LogP contribution < -0.4 is 0 Å². The summed E-state index contributed by atoms with van der Waals surface area (Å²) in [4.78, 5) is 13.4. The second-order valence-corrected chi connectivity index (χ2v) is 4.46. The molecule has 0 radical (unpaired) electrons. The van der Waals surface area contributed by atoms with E-state index in [1.807, 2.05) is 6.92 Å². The minimum Gasteiger partial charge on any atom is -0.446 e. The van der Waals surface area contributed by atoms with Crippen molar-refractivity contribution in [2.24, 2.45) is 0 Å². The molecule has 4 heteroatoms. The van der Waals surface area contributed by atoms with Gasteiger partial charge in [0, 0.05) is 7.11 Å². The summed E-state index contributed by atoms with van der Waals surface area (Å²) < 4.78 is 10.6. The van der Waals surface area contributed by atoms with Gasteiger partial charge in [-0.25, -0.2) is 4.79 Å². The predicted octanol–water partition coefficient (Wildman–Crippen LogP) is 1.78. The molecule has 1 heterocycles. The van der Waals surface area contributed by atoms with Gasteiger partial charge in [0.1, 0.15) is 6.10 Å². The van der Waals surface area contributed by atoms with E-state index < -0.39 is 0 Å². The van der Waals surface area contributed by atoms with Crippen LogP contribution in [0.25, 0.3) is 0 Å². The van der Waals surface area contributed by atoms with Crippen LogP contribution >= 0.6 is 0 Å². The molecule has 2 atom stereocenters. The van der Waals surface area contributed by atoms with Crippen LogP contribution in [-0.2, 0) is 9.47 Å². The highest BCUT2D eigenvalue weighted by Gasteiger charge is 2.40. The predicted molar refractivity (Wildman–Crippen MR) is 55.7 cm³/mol. The molecule has 1 aliphatic carbocycles. The Hall–Kier alpha value is -0.770. The monoisotopic (exact) mass is 213 g/mol. The van der Waals surface area contributed by atoms with Gasteiger partial charge in [-0.1, -0.05) is 0 Å². The number of hydrogen-bond acceptors (Lipinski definition) is 3. The highest BCUT2D eigenvalue weighted by atomic mass is 16.6. The maximum absolute atomic E-state index is 11.7. The van der Waals surface area contributed by atoms with E-state index in [1.54, 1.807) is 12.0 Å². The highest BCUT2D eigenvalue weighted by Crippen LogP contribution is 2.25. The maximum atomic E-state index is 11.7. The molecule has 2 rings (SSSR count). The Kier molecular flexibility index (Phi) is 3.14. The Morgan fingerprint density at radius 1 is 1.33 bits per heavy atom. The summed E-state index contributed by atoms with van der Waals surface area (Å²) in [6.45, 7) is 2.66. The molecule has 2 fully saturated rings. The van der Waals surface area contributed by atoms with E-state index >= 15 is 0 Å². The van der Waals surface area contributed by atoms with Crippen molar-refractivity contribution in [1.29, 1.82) is 0 Å². The lowest BCUT2D eigenvalue weighted by molar-refractivity contribution is -0.0735. The second kappa shape index (κ2) is 4.39. The molecule has 0 N–H and O–H groups in total. The van der Waals surface area contributed by atoms with Crippen LogP contribution in [0.4, 0.5) is 4.79 Å². The van der Waals surface area contributed by atoms with E-state index in [0.29, 0.717) is 6.54 Å². The second-order valence-electron chi connectivity index (χ2n) is 4.46. The Morgan fingerprint density at radius 3 is 2.53 bits per heavy atom. The lowest BCUT2D eigenvalue weighted by Gasteiger charge is -2.44. The third-order valence-electron chi connectivity index (χ3n) is 3.51. The first-order chi connectivity index (χ1) is 7.22. The van der Waals surface area contributed by atoms with Gasteiger partial charge in [-0.15, -0.1) is 0 Å². The molecule has 15 heavy (non-hydrogen) atoms. The van der Waals surface area contributed by atoms with Gasteiger partial charge in [-0.05, 0) is 32.6 Å². The van der Waals surface area contributed by atoms with Gasteiger partial charge in [0.25, 0.3) is 0 Å². The van der Waals surface area contributed by atoms with Crippen LogP contribution in [0.3, 0.4) is 0 Å². The number of nitrogens with zero attached hydrogens (tertiary/aromatic N) is 1. The number of carbonyl (C=O) groups excluding carboxylic acids is 1.